The van der Waals surface area contributed by atoms with E-state index in [0.717, 1.165) is 12.0 Å². The summed E-state index contributed by atoms with van der Waals surface area (Å²) in [4.78, 5) is 24.4. The lowest BCUT2D eigenvalue weighted by Gasteiger charge is -2.13. The molecule has 1 aliphatic rings. The van der Waals surface area contributed by atoms with Gasteiger partial charge >= 0.3 is 5.97 Å². The van der Waals surface area contributed by atoms with E-state index in [1.54, 1.807) is 24.3 Å². The Bertz CT molecular complexity index is 926. The second kappa shape index (κ2) is 10.6. The quantitative estimate of drug-likeness (QED) is 0.579. The Morgan fingerprint density at radius 1 is 1.06 bits per heavy atom. The lowest BCUT2D eigenvalue weighted by Crippen LogP contribution is -2.28. The van der Waals surface area contributed by atoms with Crippen LogP contribution in [0.2, 0.25) is 0 Å². The maximum absolute atomic E-state index is 12.3. The number of carbonyl (C=O) groups is 2. The Hall–Kier alpha value is -3.42. The number of esters is 1. The maximum Gasteiger partial charge on any atom is 0.338 e. The molecule has 0 saturated heterocycles. The highest BCUT2D eigenvalue weighted by molar-refractivity contribution is 5.92. The molecule has 166 valence electrons. The zero-order valence-electron chi connectivity index (χ0n) is 17.9. The zero-order chi connectivity index (χ0) is 22.2. The van der Waals surface area contributed by atoms with Gasteiger partial charge in [0.2, 0.25) is 6.79 Å². The Labute approximate surface area is 181 Å². The monoisotopic (exact) mass is 429 g/mol. The first-order chi connectivity index (χ1) is 15.0. The second-order valence-corrected chi connectivity index (χ2v) is 7.44. The van der Waals surface area contributed by atoms with Crippen LogP contribution in [0, 0.1) is 5.92 Å². The van der Waals surface area contributed by atoms with Gasteiger partial charge in [0.1, 0.15) is 0 Å². The SMILES string of the molecule is COc1cc(C(=O)OCC(=O)NCc2ccc3c(c2)OCO3)ccc1OCCC(C)C. The summed E-state index contributed by atoms with van der Waals surface area (Å²) < 4.78 is 26.7. The highest BCUT2D eigenvalue weighted by Gasteiger charge is 2.16. The van der Waals surface area contributed by atoms with Crippen molar-refractivity contribution in [3.05, 3.63) is 47.5 Å². The highest BCUT2D eigenvalue weighted by Crippen LogP contribution is 2.32. The number of hydrogen-bond acceptors (Lipinski definition) is 7. The van der Waals surface area contributed by atoms with Crippen LogP contribution < -0.4 is 24.3 Å². The minimum atomic E-state index is -0.620. The van der Waals surface area contributed by atoms with Gasteiger partial charge in [-0.1, -0.05) is 19.9 Å². The minimum Gasteiger partial charge on any atom is -0.493 e. The van der Waals surface area contributed by atoms with Crippen molar-refractivity contribution < 1.29 is 33.3 Å². The molecular weight excluding hydrogens is 402 g/mol. The fourth-order valence-corrected chi connectivity index (χ4v) is 2.84. The van der Waals surface area contributed by atoms with Crippen molar-refractivity contribution in [1.82, 2.24) is 5.32 Å². The van der Waals surface area contributed by atoms with Gasteiger partial charge in [-0.05, 0) is 48.2 Å². The van der Waals surface area contributed by atoms with Crippen LogP contribution in [0.25, 0.3) is 0 Å². The van der Waals surface area contributed by atoms with Crippen LogP contribution in [0.15, 0.2) is 36.4 Å². The third-order valence-corrected chi connectivity index (χ3v) is 4.61. The van der Waals surface area contributed by atoms with Crippen molar-refractivity contribution in [3.63, 3.8) is 0 Å². The molecule has 1 heterocycles. The van der Waals surface area contributed by atoms with Crippen molar-refractivity contribution in [1.29, 1.82) is 0 Å². The molecule has 8 heteroatoms. The van der Waals surface area contributed by atoms with E-state index in [4.69, 9.17) is 23.7 Å². The number of rotatable bonds is 10. The van der Waals surface area contributed by atoms with Gasteiger partial charge in [-0.15, -0.1) is 0 Å². The van der Waals surface area contributed by atoms with Gasteiger partial charge in [-0.3, -0.25) is 4.79 Å². The molecule has 1 aliphatic heterocycles. The van der Waals surface area contributed by atoms with Crippen LogP contribution in [0.3, 0.4) is 0 Å². The number of ether oxygens (including phenoxy) is 5. The third kappa shape index (κ3) is 6.28. The lowest BCUT2D eigenvalue weighted by atomic mass is 10.1. The molecule has 3 rings (SSSR count). The molecule has 0 radical (unpaired) electrons. The van der Waals surface area contributed by atoms with Crippen molar-refractivity contribution in [2.45, 2.75) is 26.8 Å². The lowest BCUT2D eigenvalue weighted by molar-refractivity contribution is -0.124. The van der Waals surface area contributed by atoms with E-state index in [0.29, 0.717) is 35.5 Å². The molecule has 0 aliphatic carbocycles. The van der Waals surface area contributed by atoms with Gasteiger partial charge in [0.15, 0.2) is 29.6 Å². The molecule has 0 saturated carbocycles. The summed E-state index contributed by atoms with van der Waals surface area (Å²) in [5.41, 5.74) is 1.12. The Kier molecular flexibility index (Phi) is 7.59. The van der Waals surface area contributed by atoms with Crippen molar-refractivity contribution >= 4 is 11.9 Å². The van der Waals surface area contributed by atoms with Crippen LogP contribution in [0.4, 0.5) is 0 Å². The van der Waals surface area contributed by atoms with Crippen molar-refractivity contribution in [3.8, 4) is 23.0 Å². The number of fused-ring (bicyclic) bond motifs is 1. The molecule has 0 bridgehead atoms. The Morgan fingerprint density at radius 2 is 1.87 bits per heavy atom. The van der Waals surface area contributed by atoms with E-state index >= 15 is 0 Å². The molecule has 0 fully saturated rings. The molecule has 2 aromatic carbocycles. The van der Waals surface area contributed by atoms with Crippen molar-refractivity contribution in [2.24, 2.45) is 5.92 Å². The van der Waals surface area contributed by atoms with Gasteiger partial charge in [0.05, 0.1) is 19.3 Å². The Morgan fingerprint density at radius 3 is 2.65 bits per heavy atom. The number of hydrogen-bond donors (Lipinski definition) is 1. The van der Waals surface area contributed by atoms with Gasteiger partial charge in [0, 0.05) is 6.54 Å². The van der Waals surface area contributed by atoms with Crippen LogP contribution in [0.1, 0.15) is 36.2 Å². The third-order valence-electron chi connectivity index (χ3n) is 4.61. The molecular formula is C23H27NO7. The van der Waals surface area contributed by atoms with Gasteiger partial charge in [-0.25, -0.2) is 4.79 Å². The molecule has 31 heavy (non-hydrogen) atoms. The molecule has 0 unspecified atom stereocenters. The fraction of sp³-hybridized carbons (Fsp3) is 0.391. The topological polar surface area (TPSA) is 92.3 Å². The number of carbonyl (C=O) groups excluding carboxylic acids is 2. The molecule has 1 N–H and O–H groups in total. The van der Waals surface area contributed by atoms with E-state index in [1.165, 1.54) is 13.2 Å². The summed E-state index contributed by atoms with van der Waals surface area (Å²) in [5, 5.41) is 2.70. The summed E-state index contributed by atoms with van der Waals surface area (Å²) in [6, 6.07) is 10.2. The molecule has 8 nitrogen and oxygen atoms in total. The van der Waals surface area contributed by atoms with Gasteiger partial charge in [0.25, 0.3) is 5.91 Å². The number of methoxy groups -OCH3 is 1. The molecule has 2 aromatic rings. The van der Waals surface area contributed by atoms with Gasteiger partial charge in [-0.2, -0.15) is 0 Å². The summed E-state index contributed by atoms with van der Waals surface area (Å²) >= 11 is 0. The van der Waals surface area contributed by atoms with E-state index in [1.807, 2.05) is 6.07 Å². The van der Waals surface area contributed by atoms with Crippen molar-refractivity contribution in [2.75, 3.05) is 27.1 Å². The van der Waals surface area contributed by atoms with E-state index in [2.05, 4.69) is 19.2 Å². The predicted octanol–water partition coefficient (Wildman–Crippen LogP) is 3.32. The summed E-state index contributed by atoms with van der Waals surface area (Å²) in [7, 11) is 1.50. The molecule has 1 amide bonds. The van der Waals surface area contributed by atoms with E-state index in [9.17, 15) is 9.59 Å². The van der Waals surface area contributed by atoms with Gasteiger partial charge < -0.3 is 29.0 Å². The normalized spacial score (nSPS) is 11.9. The number of benzene rings is 2. The predicted molar refractivity (Wildman–Crippen MR) is 113 cm³/mol. The maximum atomic E-state index is 12.3. The summed E-state index contributed by atoms with van der Waals surface area (Å²) in [5.74, 6) is 1.81. The van der Waals surface area contributed by atoms with Crippen LogP contribution in [0.5, 0.6) is 23.0 Å². The van der Waals surface area contributed by atoms with Crippen LogP contribution in [-0.2, 0) is 16.1 Å². The molecule has 0 atom stereocenters. The first-order valence-electron chi connectivity index (χ1n) is 10.1. The van der Waals surface area contributed by atoms with E-state index < -0.39 is 18.5 Å². The smallest absolute Gasteiger partial charge is 0.338 e. The average Bonchev–Trinajstić information content (AvgIpc) is 3.23. The second-order valence-electron chi connectivity index (χ2n) is 7.44. The Balaban J connectivity index is 1.47. The molecule has 0 spiro atoms. The summed E-state index contributed by atoms with van der Waals surface area (Å²) in [6.45, 7) is 4.87. The zero-order valence-corrected chi connectivity index (χ0v) is 17.9. The van der Waals surface area contributed by atoms with Crippen LogP contribution >= 0.6 is 0 Å². The number of amides is 1. The first kappa shape index (κ1) is 22.3. The minimum absolute atomic E-state index is 0.191. The standard InChI is InChI=1S/C23H27NO7/c1-15(2)8-9-28-18-7-5-17(11-20(18)27-3)23(26)29-13-22(25)24-12-16-4-6-19-21(10-16)31-14-30-19/h4-7,10-11,15H,8-9,12-14H2,1-3H3,(H,24,25). The first-order valence-corrected chi connectivity index (χ1v) is 10.1. The van der Waals surface area contributed by atoms with E-state index in [-0.39, 0.29) is 18.9 Å². The van der Waals surface area contributed by atoms with Crippen LogP contribution in [-0.4, -0.2) is 39.0 Å². The average molecular weight is 429 g/mol. The summed E-state index contributed by atoms with van der Waals surface area (Å²) in [6.07, 6.45) is 0.911. The number of nitrogens with one attached hydrogen (secondary N) is 1. The highest BCUT2D eigenvalue weighted by atomic mass is 16.7. The molecule has 0 aromatic heterocycles. The fourth-order valence-electron chi connectivity index (χ4n) is 2.84. The largest absolute Gasteiger partial charge is 0.493 e.